The molecule has 0 aliphatic carbocycles. The second-order valence-electron chi connectivity index (χ2n) is 7.64. The summed E-state index contributed by atoms with van der Waals surface area (Å²) in [7, 11) is 1.83. The van der Waals surface area contributed by atoms with Crippen LogP contribution in [0.25, 0.3) is 16.9 Å². The zero-order valence-electron chi connectivity index (χ0n) is 17.5. The van der Waals surface area contributed by atoms with Crippen LogP contribution in [0.5, 0.6) is 0 Å². The third kappa shape index (κ3) is 5.28. The molecule has 0 aliphatic heterocycles. The van der Waals surface area contributed by atoms with Gasteiger partial charge in [-0.15, -0.1) is 0 Å². The molecule has 0 fully saturated rings. The quantitative estimate of drug-likeness (QED) is 0.455. The molecular formula is C25H25FN4O. The molecule has 1 amide bonds. The van der Waals surface area contributed by atoms with E-state index < -0.39 is 0 Å². The number of carbonyl (C=O) groups is 1. The number of amides is 1. The van der Waals surface area contributed by atoms with Gasteiger partial charge in [0.05, 0.1) is 12.1 Å². The van der Waals surface area contributed by atoms with Crippen LogP contribution in [-0.4, -0.2) is 39.2 Å². The number of nitrogens with one attached hydrogen (secondary N) is 1. The van der Waals surface area contributed by atoms with Gasteiger partial charge >= 0.3 is 0 Å². The van der Waals surface area contributed by atoms with E-state index in [1.165, 1.54) is 12.1 Å². The number of rotatable bonds is 8. The number of benzene rings is 2. The number of aromatic amines is 1. The zero-order valence-corrected chi connectivity index (χ0v) is 17.5. The van der Waals surface area contributed by atoms with Crippen molar-refractivity contribution in [3.05, 3.63) is 96.2 Å². The highest BCUT2D eigenvalue weighted by Crippen LogP contribution is 2.19. The van der Waals surface area contributed by atoms with E-state index in [-0.39, 0.29) is 11.7 Å². The summed E-state index contributed by atoms with van der Waals surface area (Å²) < 4.78 is 15.4. The molecule has 6 heteroatoms. The molecule has 5 nitrogen and oxygen atoms in total. The van der Waals surface area contributed by atoms with Gasteiger partial charge in [-0.3, -0.25) is 9.89 Å². The van der Waals surface area contributed by atoms with E-state index in [9.17, 15) is 9.18 Å². The Morgan fingerprint density at radius 2 is 1.84 bits per heavy atom. The number of likely N-dealkylation sites (N-methyl/N-ethyl adjacent to an activating group) is 1. The summed E-state index contributed by atoms with van der Waals surface area (Å²) in [6.07, 6.45) is 5.96. The molecule has 2 heterocycles. The first-order chi connectivity index (χ1) is 15.1. The van der Waals surface area contributed by atoms with Crippen LogP contribution in [0, 0.1) is 5.82 Å². The number of hydrogen-bond acceptors (Lipinski definition) is 2. The van der Waals surface area contributed by atoms with Crippen LogP contribution in [-0.2, 0) is 17.6 Å². The Bertz CT molecular complexity index is 1130. The molecule has 0 spiro atoms. The van der Waals surface area contributed by atoms with Crippen molar-refractivity contribution in [3.8, 4) is 16.9 Å². The number of carbonyl (C=O) groups excluding carboxylic acids is 1. The van der Waals surface area contributed by atoms with Crippen LogP contribution < -0.4 is 0 Å². The van der Waals surface area contributed by atoms with E-state index in [0.29, 0.717) is 13.0 Å². The molecule has 4 aromatic rings. The average molecular weight is 417 g/mol. The van der Waals surface area contributed by atoms with Crippen molar-refractivity contribution in [1.29, 1.82) is 0 Å². The van der Waals surface area contributed by atoms with Crippen molar-refractivity contribution in [1.82, 2.24) is 19.7 Å². The Labute approximate surface area is 181 Å². The van der Waals surface area contributed by atoms with E-state index in [1.54, 1.807) is 11.0 Å². The molecule has 0 saturated heterocycles. The number of aromatic nitrogens is 3. The van der Waals surface area contributed by atoms with E-state index in [0.717, 1.165) is 41.0 Å². The first kappa shape index (κ1) is 20.6. The summed E-state index contributed by atoms with van der Waals surface area (Å²) in [6, 6.07) is 20.3. The minimum absolute atomic E-state index is 0.0961. The lowest BCUT2D eigenvalue weighted by Crippen LogP contribution is -2.29. The van der Waals surface area contributed by atoms with Crippen molar-refractivity contribution in [2.45, 2.75) is 19.3 Å². The zero-order chi connectivity index (χ0) is 21.6. The number of nitrogens with zero attached hydrogens (tertiary/aromatic N) is 3. The summed E-state index contributed by atoms with van der Waals surface area (Å²) in [5.74, 6) is -0.180. The molecule has 2 aromatic carbocycles. The summed E-state index contributed by atoms with van der Waals surface area (Å²) in [4.78, 5) is 14.3. The molecule has 31 heavy (non-hydrogen) atoms. The maximum Gasteiger partial charge on any atom is 0.226 e. The fourth-order valence-electron chi connectivity index (χ4n) is 3.52. The highest BCUT2D eigenvalue weighted by Gasteiger charge is 2.11. The molecular weight excluding hydrogens is 391 g/mol. The molecule has 0 saturated carbocycles. The maximum atomic E-state index is 13.4. The van der Waals surface area contributed by atoms with Gasteiger partial charge < -0.3 is 9.47 Å². The number of halogens is 1. The van der Waals surface area contributed by atoms with Crippen molar-refractivity contribution in [2.24, 2.45) is 0 Å². The molecule has 0 radical (unpaired) electrons. The fourth-order valence-corrected chi connectivity index (χ4v) is 3.52. The molecule has 1 N–H and O–H groups in total. The lowest BCUT2D eigenvalue weighted by Gasteiger charge is -2.17. The molecule has 4 rings (SSSR count). The Kier molecular flexibility index (Phi) is 6.26. The SMILES string of the molecule is CN(CCCc1cc(-c2cccc(F)c2)n[nH]1)C(=O)Cc1ccc(-n2cccc2)cc1. The van der Waals surface area contributed by atoms with Gasteiger partial charge in [-0.05, 0) is 60.9 Å². The monoisotopic (exact) mass is 416 g/mol. The predicted octanol–water partition coefficient (Wildman–Crippen LogP) is 4.64. The van der Waals surface area contributed by atoms with Crippen LogP contribution in [0.4, 0.5) is 4.39 Å². The van der Waals surface area contributed by atoms with Gasteiger partial charge in [0.25, 0.3) is 0 Å². The summed E-state index contributed by atoms with van der Waals surface area (Å²) >= 11 is 0. The van der Waals surface area contributed by atoms with E-state index >= 15 is 0 Å². The highest BCUT2D eigenvalue weighted by atomic mass is 19.1. The number of aryl methyl sites for hydroxylation is 1. The highest BCUT2D eigenvalue weighted by molar-refractivity contribution is 5.78. The van der Waals surface area contributed by atoms with Gasteiger partial charge in [-0.1, -0.05) is 24.3 Å². The molecule has 0 atom stereocenters. The molecule has 0 aliphatic rings. The third-order valence-corrected chi connectivity index (χ3v) is 5.31. The van der Waals surface area contributed by atoms with E-state index in [2.05, 4.69) is 10.2 Å². The lowest BCUT2D eigenvalue weighted by molar-refractivity contribution is -0.129. The van der Waals surface area contributed by atoms with Crippen LogP contribution >= 0.6 is 0 Å². The van der Waals surface area contributed by atoms with E-state index in [4.69, 9.17) is 0 Å². The Hall–Kier alpha value is -3.67. The van der Waals surface area contributed by atoms with Crippen LogP contribution in [0.15, 0.2) is 79.1 Å². The van der Waals surface area contributed by atoms with Gasteiger partial charge in [-0.2, -0.15) is 5.10 Å². The Morgan fingerprint density at radius 3 is 2.58 bits per heavy atom. The maximum absolute atomic E-state index is 13.4. The normalized spacial score (nSPS) is 10.9. The first-order valence-corrected chi connectivity index (χ1v) is 10.3. The first-order valence-electron chi connectivity index (χ1n) is 10.3. The van der Waals surface area contributed by atoms with Crippen LogP contribution in [0.3, 0.4) is 0 Å². The second-order valence-corrected chi connectivity index (χ2v) is 7.64. The minimum Gasteiger partial charge on any atom is -0.345 e. The van der Waals surface area contributed by atoms with Crippen molar-refractivity contribution >= 4 is 5.91 Å². The van der Waals surface area contributed by atoms with E-state index in [1.807, 2.05) is 72.5 Å². The summed E-state index contributed by atoms with van der Waals surface area (Å²) in [6.45, 7) is 0.661. The summed E-state index contributed by atoms with van der Waals surface area (Å²) in [5.41, 5.74) is 4.52. The third-order valence-electron chi connectivity index (χ3n) is 5.31. The standard InChI is InChI=1S/C25H25FN4O/c1-29(25(31)16-19-9-11-23(12-10-19)30-14-2-3-15-30)13-5-8-22-18-24(28-27-22)20-6-4-7-21(26)17-20/h2-4,6-7,9-12,14-15,17-18H,5,8,13,16H2,1H3,(H,27,28). The molecule has 158 valence electrons. The second kappa shape index (κ2) is 9.43. The number of H-pyrrole nitrogens is 1. The van der Waals surface area contributed by atoms with Gasteiger partial charge in [0.2, 0.25) is 5.91 Å². The molecule has 0 unspecified atom stereocenters. The average Bonchev–Trinajstić information content (AvgIpc) is 3.47. The topological polar surface area (TPSA) is 53.9 Å². The largest absolute Gasteiger partial charge is 0.345 e. The summed E-state index contributed by atoms with van der Waals surface area (Å²) in [5, 5.41) is 7.27. The Morgan fingerprint density at radius 1 is 1.06 bits per heavy atom. The lowest BCUT2D eigenvalue weighted by atomic mass is 10.1. The predicted molar refractivity (Wildman–Crippen MR) is 119 cm³/mol. The van der Waals surface area contributed by atoms with Gasteiger partial charge in [0, 0.05) is 42.9 Å². The van der Waals surface area contributed by atoms with Gasteiger partial charge in [-0.25, -0.2) is 4.39 Å². The minimum atomic E-state index is -0.276. The fraction of sp³-hybridized carbons (Fsp3) is 0.200. The Balaban J connectivity index is 1.25. The molecule has 2 aromatic heterocycles. The smallest absolute Gasteiger partial charge is 0.226 e. The van der Waals surface area contributed by atoms with Crippen molar-refractivity contribution in [3.63, 3.8) is 0 Å². The van der Waals surface area contributed by atoms with Gasteiger partial charge in [0.15, 0.2) is 0 Å². The number of hydrogen-bond donors (Lipinski definition) is 1. The van der Waals surface area contributed by atoms with Crippen LogP contribution in [0.1, 0.15) is 17.7 Å². The van der Waals surface area contributed by atoms with Crippen molar-refractivity contribution < 1.29 is 9.18 Å². The van der Waals surface area contributed by atoms with Gasteiger partial charge in [0.1, 0.15) is 5.82 Å². The molecule has 0 bridgehead atoms. The van der Waals surface area contributed by atoms with Crippen molar-refractivity contribution in [2.75, 3.05) is 13.6 Å². The van der Waals surface area contributed by atoms with Crippen LogP contribution in [0.2, 0.25) is 0 Å².